The standard InChI is InChI=1S/C17H17N3O/c1-11-5-3-4-6-15(11)12(2)19-17(21)13-7-8-14-10-18-20-16(14)9-13/h3-10,12H,1-2H3,(H,18,20)(H,19,21). The number of fused-ring (bicyclic) bond motifs is 1. The average molecular weight is 279 g/mol. The Morgan fingerprint density at radius 3 is 2.86 bits per heavy atom. The molecule has 3 aromatic rings. The Hall–Kier alpha value is -2.62. The van der Waals surface area contributed by atoms with E-state index in [1.165, 1.54) is 5.56 Å². The zero-order chi connectivity index (χ0) is 14.8. The molecule has 106 valence electrons. The molecule has 0 spiro atoms. The predicted molar refractivity (Wildman–Crippen MR) is 83.2 cm³/mol. The van der Waals surface area contributed by atoms with Gasteiger partial charge in [-0.2, -0.15) is 5.10 Å². The van der Waals surface area contributed by atoms with Crippen LogP contribution in [-0.2, 0) is 0 Å². The number of nitrogens with zero attached hydrogens (tertiary/aromatic N) is 1. The highest BCUT2D eigenvalue weighted by Gasteiger charge is 2.13. The van der Waals surface area contributed by atoms with Crippen LogP contribution in [0, 0.1) is 6.92 Å². The van der Waals surface area contributed by atoms with Crippen molar-refractivity contribution >= 4 is 16.8 Å². The molecule has 1 aromatic heterocycles. The fraction of sp³-hybridized carbons (Fsp3) is 0.176. The van der Waals surface area contributed by atoms with Crippen LogP contribution < -0.4 is 5.32 Å². The number of amides is 1. The number of aromatic amines is 1. The summed E-state index contributed by atoms with van der Waals surface area (Å²) in [5.41, 5.74) is 3.81. The molecule has 4 heteroatoms. The Morgan fingerprint density at radius 1 is 1.24 bits per heavy atom. The van der Waals surface area contributed by atoms with E-state index in [4.69, 9.17) is 0 Å². The number of hydrogen-bond donors (Lipinski definition) is 2. The van der Waals surface area contributed by atoms with Crippen LogP contribution in [0.2, 0.25) is 0 Å². The molecule has 0 radical (unpaired) electrons. The Balaban J connectivity index is 1.81. The SMILES string of the molecule is Cc1ccccc1C(C)NC(=O)c1ccc2cn[nH]c2c1. The molecule has 4 nitrogen and oxygen atoms in total. The highest BCUT2D eigenvalue weighted by molar-refractivity contribution is 5.97. The molecule has 0 saturated carbocycles. The van der Waals surface area contributed by atoms with Gasteiger partial charge in [-0.3, -0.25) is 9.89 Å². The number of H-pyrrole nitrogens is 1. The predicted octanol–water partition coefficient (Wildman–Crippen LogP) is 3.36. The molecule has 2 N–H and O–H groups in total. The van der Waals surface area contributed by atoms with Crippen molar-refractivity contribution in [3.05, 3.63) is 65.4 Å². The second-order valence-electron chi connectivity index (χ2n) is 5.22. The summed E-state index contributed by atoms with van der Waals surface area (Å²) in [6.45, 7) is 4.05. The number of hydrogen-bond acceptors (Lipinski definition) is 2. The molecular formula is C17H17N3O. The number of nitrogens with one attached hydrogen (secondary N) is 2. The maximum Gasteiger partial charge on any atom is 0.251 e. The van der Waals surface area contributed by atoms with Crippen LogP contribution in [0.3, 0.4) is 0 Å². The first-order chi connectivity index (χ1) is 10.1. The van der Waals surface area contributed by atoms with E-state index in [0.717, 1.165) is 16.5 Å². The minimum atomic E-state index is -0.0812. The van der Waals surface area contributed by atoms with E-state index in [0.29, 0.717) is 5.56 Å². The van der Waals surface area contributed by atoms with Crippen LogP contribution in [0.15, 0.2) is 48.7 Å². The first-order valence-corrected chi connectivity index (χ1v) is 6.94. The first kappa shape index (κ1) is 13.4. The van der Waals surface area contributed by atoms with Crippen molar-refractivity contribution in [2.75, 3.05) is 0 Å². The zero-order valence-corrected chi connectivity index (χ0v) is 12.1. The van der Waals surface area contributed by atoms with Crippen molar-refractivity contribution < 1.29 is 4.79 Å². The molecule has 0 aliphatic heterocycles. The van der Waals surface area contributed by atoms with Gasteiger partial charge in [-0.05, 0) is 37.1 Å². The van der Waals surface area contributed by atoms with Crippen LogP contribution in [0.4, 0.5) is 0 Å². The second kappa shape index (κ2) is 5.40. The van der Waals surface area contributed by atoms with E-state index in [9.17, 15) is 4.79 Å². The monoisotopic (exact) mass is 279 g/mol. The Labute approximate surface area is 123 Å². The van der Waals surface area contributed by atoms with Crippen molar-refractivity contribution in [1.82, 2.24) is 15.5 Å². The summed E-state index contributed by atoms with van der Waals surface area (Å²) >= 11 is 0. The van der Waals surface area contributed by atoms with E-state index in [-0.39, 0.29) is 11.9 Å². The molecule has 1 unspecified atom stereocenters. The van der Waals surface area contributed by atoms with Crippen LogP contribution in [0.25, 0.3) is 10.9 Å². The number of aromatic nitrogens is 2. The first-order valence-electron chi connectivity index (χ1n) is 6.94. The molecule has 21 heavy (non-hydrogen) atoms. The topological polar surface area (TPSA) is 57.8 Å². The van der Waals surface area contributed by atoms with Gasteiger partial charge in [0.2, 0.25) is 0 Å². The fourth-order valence-electron chi connectivity index (χ4n) is 2.51. The van der Waals surface area contributed by atoms with E-state index in [1.807, 2.05) is 43.3 Å². The smallest absolute Gasteiger partial charge is 0.251 e. The molecule has 1 atom stereocenters. The molecule has 1 heterocycles. The summed E-state index contributed by atoms with van der Waals surface area (Å²) in [6, 6.07) is 13.6. The lowest BCUT2D eigenvalue weighted by Crippen LogP contribution is -2.27. The van der Waals surface area contributed by atoms with Crippen LogP contribution in [0.5, 0.6) is 0 Å². The van der Waals surface area contributed by atoms with Gasteiger partial charge in [0.1, 0.15) is 0 Å². The van der Waals surface area contributed by atoms with Gasteiger partial charge in [0.05, 0.1) is 17.8 Å². The Kier molecular flexibility index (Phi) is 3.44. The second-order valence-corrected chi connectivity index (χ2v) is 5.22. The van der Waals surface area contributed by atoms with Crippen molar-refractivity contribution in [2.45, 2.75) is 19.9 Å². The van der Waals surface area contributed by atoms with Gasteiger partial charge in [0.25, 0.3) is 5.91 Å². The van der Waals surface area contributed by atoms with Gasteiger partial charge in [0.15, 0.2) is 0 Å². The van der Waals surface area contributed by atoms with Crippen LogP contribution in [0.1, 0.15) is 34.5 Å². The summed E-state index contributed by atoms with van der Waals surface area (Å²) in [5, 5.41) is 10.9. The molecule has 0 saturated heterocycles. The van der Waals surface area contributed by atoms with Gasteiger partial charge in [-0.1, -0.05) is 30.3 Å². The number of benzene rings is 2. The molecule has 0 bridgehead atoms. The quantitative estimate of drug-likeness (QED) is 0.772. The van der Waals surface area contributed by atoms with Crippen LogP contribution >= 0.6 is 0 Å². The molecule has 1 amide bonds. The Bertz CT molecular complexity index is 791. The normalized spacial score (nSPS) is 12.3. The third-order valence-electron chi connectivity index (χ3n) is 3.71. The number of rotatable bonds is 3. The summed E-state index contributed by atoms with van der Waals surface area (Å²) in [5.74, 6) is -0.0812. The molecule has 0 aliphatic carbocycles. The van der Waals surface area contributed by atoms with Crippen LogP contribution in [-0.4, -0.2) is 16.1 Å². The van der Waals surface area contributed by atoms with Crippen molar-refractivity contribution in [3.63, 3.8) is 0 Å². The van der Waals surface area contributed by atoms with E-state index >= 15 is 0 Å². The summed E-state index contributed by atoms with van der Waals surface area (Å²) in [6.07, 6.45) is 1.74. The van der Waals surface area contributed by atoms with E-state index < -0.39 is 0 Å². The van der Waals surface area contributed by atoms with Gasteiger partial charge < -0.3 is 5.32 Å². The molecular weight excluding hydrogens is 262 g/mol. The molecule has 2 aromatic carbocycles. The zero-order valence-electron chi connectivity index (χ0n) is 12.1. The van der Waals surface area contributed by atoms with E-state index in [1.54, 1.807) is 6.20 Å². The third-order valence-corrected chi connectivity index (χ3v) is 3.71. The summed E-state index contributed by atoms with van der Waals surface area (Å²) < 4.78 is 0. The van der Waals surface area contributed by atoms with Gasteiger partial charge in [-0.15, -0.1) is 0 Å². The molecule has 0 fully saturated rings. The largest absolute Gasteiger partial charge is 0.346 e. The maximum absolute atomic E-state index is 12.4. The summed E-state index contributed by atoms with van der Waals surface area (Å²) in [7, 11) is 0. The van der Waals surface area contributed by atoms with Crippen molar-refractivity contribution in [2.24, 2.45) is 0 Å². The number of carbonyl (C=O) groups excluding carboxylic acids is 1. The molecule has 0 aliphatic rings. The fourth-order valence-corrected chi connectivity index (χ4v) is 2.51. The lowest BCUT2D eigenvalue weighted by molar-refractivity contribution is 0.0940. The summed E-state index contributed by atoms with van der Waals surface area (Å²) in [4.78, 5) is 12.4. The van der Waals surface area contributed by atoms with Gasteiger partial charge in [-0.25, -0.2) is 0 Å². The highest BCUT2D eigenvalue weighted by atomic mass is 16.1. The number of carbonyl (C=O) groups is 1. The van der Waals surface area contributed by atoms with Gasteiger partial charge in [0, 0.05) is 10.9 Å². The minimum absolute atomic E-state index is 0.0313. The third kappa shape index (κ3) is 2.65. The van der Waals surface area contributed by atoms with E-state index in [2.05, 4.69) is 28.5 Å². The Morgan fingerprint density at radius 2 is 2.05 bits per heavy atom. The lowest BCUT2D eigenvalue weighted by atomic mass is 10.0. The van der Waals surface area contributed by atoms with Crippen molar-refractivity contribution in [3.8, 4) is 0 Å². The average Bonchev–Trinajstić information content (AvgIpc) is 2.94. The highest BCUT2D eigenvalue weighted by Crippen LogP contribution is 2.18. The molecule has 3 rings (SSSR count). The number of aryl methyl sites for hydroxylation is 1. The van der Waals surface area contributed by atoms with Gasteiger partial charge >= 0.3 is 0 Å². The van der Waals surface area contributed by atoms with Crippen molar-refractivity contribution in [1.29, 1.82) is 0 Å². The maximum atomic E-state index is 12.4. The lowest BCUT2D eigenvalue weighted by Gasteiger charge is -2.16. The minimum Gasteiger partial charge on any atom is -0.346 e.